The first kappa shape index (κ1) is 13.4. The number of fused-ring (bicyclic) bond motifs is 5. The Balaban J connectivity index is 2.09. The molecule has 0 saturated heterocycles. The van der Waals surface area contributed by atoms with Crippen LogP contribution in [0.15, 0.2) is 28.7 Å². The molecular formula is C18H20N2O2. The molecule has 3 aromatic rings. The minimum atomic E-state index is -0.225. The van der Waals surface area contributed by atoms with Crippen molar-refractivity contribution in [1.82, 2.24) is 4.57 Å². The summed E-state index contributed by atoms with van der Waals surface area (Å²) >= 11 is 0. The summed E-state index contributed by atoms with van der Waals surface area (Å²) in [6, 6.07) is 8.33. The number of rotatable bonds is 0. The molecule has 4 heteroatoms. The molecule has 0 amide bonds. The van der Waals surface area contributed by atoms with Gasteiger partial charge in [0.25, 0.3) is 5.69 Å². The van der Waals surface area contributed by atoms with E-state index in [-0.39, 0.29) is 11.4 Å². The molecule has 114 valence electrons. The fourth-order valence-electron chi connectivity index (χ4n) is 3.65. The summed E-state index contributed by atoms with van der Waals surface area (Å²) < 4.78 is 9.83. The lowest BCUT2D eigenvalue weighted by molar-refractivity contribution is -0.702. The van der Waals surface area contributed by atoms with E-state index < -0.39 is 0 Å². The number of oxazole rings is 1. The van der Waals surface area contributed by atoms with Gasteiger partial charge in [0.05, 0.1) is 5.41 Å². The van der Waals surface area contributed by atoms with Crippen LogP contribution >= 0.6 is 0 Å². The number of nitrogens with zero attached hydrogens (tertiary/aromatic N) is 2. The molecule has 1 aromatic carbocycles. The summed E-state index contributed by atoms with van der Waals surface area (Å²) in [5.74, 6) is 0.542. The van der Waals surface area contributed by atoms with E-state index in [1.165, 1.54) is 16.5 Å². The molecule has 0 N–H and O–H groups in total. The Morgan fingerprint density at radius 1 is 1.23 bits per heavy atom. The highest BCUT2D eigenvalue weighted by Crippen LogP contribution is 2.39. The van der Waals surface area contributed by atoms with Gasteiger partial charge in [0.2, 0.25) is 5.89 Å². The second-order valence-corrected chi connectivity index (χ2v) is 7.10. The average molecular weight is 296 g/mol. The summed E-state index contributed by atoms with van der Waals surface area (Å²) in [6.45, 7) is 7.04. The van der Waals surface area contributed by atoms with Crippen LogP contribution in [0.2, 0.25) is 0 Å². The van der Waals surface area contributed by atoms with Crippen LogP contribution in [-0.2, 0) is 25.4 Å². The quantitative estimate of drug-likeness (QED) is 0.599. The molecule has 0 radical (unpaired) electrons. The van der Waals surface area contributed by atoms with Crippen molar-refractivity contribution in [3.63, 3.8) is 0 Å². The van der Waals surface area contributed by atoms with Crippen molar-refractivity contribution < 1.29 is 14.1 Å². The normalized spacial score (nSPS) is 14.2. The maximum Gasteiger partial charge on any atom is 0.252 e. The van der Waals surface area contributed by atoms with Crippen molar-refractivity contribution >= 4 is 10.9 Å². The highest BCUT2D eigenvalue weighted by atomic mass is 16.5. The third-order valence-corrected chi connectivity index (χ3v) is 4.56. The molecular weight excluding hydrogens is 276 g/mol. The van der Waals surface area contributed by atoms with Crippen molar-refractivity contribution in [2.45, 2.75) is 39.2 Å². The van der Waals surface area contributed by atoms with Gasteiger partial charge in [-0.1, -0.05) is 18.2 Å². The summed E-state index contributed by atoms with van der Waals surface area (Å²) in [4.78, 5) is 0. The van der Waals surface area contributed by atoms with E-state index in [9.17, 15) is 5.11 Å². The van der Waals surface area contributed by atoms with E-state index in [1.807, 2.05) is 13.1 Å². The lowest BCUT2D eigenvalue weighted by Crippen LogP contribution is -2.45. The smallest absolute Gasteiger partial charge is 0.252 e. The summed E-state index contributed by atoms with van der Waals surface area (Å²) in [6.07, 6.45) is 0.927. The molecule has 2 aromatic heterocycles. The zero-order valence-electron chi connectivity index (χ0n) is 13.4. The highest BCUT2D eigenvalue weighted by molar-refractivity contribution is 5.91. The van der Waals surface area contributed by atoms with Crippen molar-refractivity contribution in [2.75, 3.05) is 0 Å². The number of aromatic nitrogens is 2. The zero-order valence-corrected chi connectivity index (χ0v) is 13.4. The van der Waals surface area contributed by atoms with Crippen molar-refractivity contribution in [3.05, 3.63) is 35.7 Å². The van der Waals surface area contributed by atoms with Gasteiger partial charge in [-0.2, -0.15) is 4.57 Å². The molecule has 4 rings (SSSR count). The molecule has 1 aliphatic rings. The predicted octanol–water partition coefficient (Wildman–Crippen LogP) is 2.65. The number of hydrogen-bond donors (Lipinski definition) is 0. The number of aryl methyl sites for hydroxylation is 2. The molecule has 22 heavy (non-hydrogen) atoms. The molecule has 0 saturated carbocycles. The Morgan fingerprint density at radius 3 is 2.68 bits per heavy atom. The maximum absolute atomic E-state index is 12.5. The standard InChI is InChI=1S/C18H20N2O2/c1-18(2,3)17-20-10-9-12-11-7-5-6-8-13(11)19(4)14(12)15(20)16(21)22-17/h5-8H,9-10H2,1-4H3. The summed E-state index contributed by atoms with van der Waals surface area (Å²) in [5, 5.41) is 13.8. The largest absolute Gasteiger partial charge is 0.540 e. The molecule has 0 bridgehead atoms. The molecule has 1 aliphatic heterocycles. The van der Waals surface area contributed by atoms with Crippen molar-refractivity contribution in [3.8, 4) is 17.3 Å². The fourth-order valence-corrected chi connectivity index (χ4v) is 3.65. The SMILES string of the molecule is Cn1c2c(c3ccccc31)CC[n+]1c(C(C)(C)C)oc([O-])c1-2. The van der Waals surface area contributed by atoms with E-state index in [0.717, 1.165) is 24.6 Å². The minimum Gasteiger partial charge on any atom is -0.540 e. The van der Waals surface area contributed by atoms with Gasteiger partial charge >= 0.3 is 0 Å². The zero-order chi connectivity index (χ0) is 15.6. The van der Waals surface area contributed by atoms with Crippen molar-refractivity contribution in [2.24, 2.45) is 7.05 Å². The third kappa shape index (κ3) is 1.61. The Hall–Kier alpha value is -2.23. The molecule has 4 nitrogen and oxygen atoms in total. The number of para-hydroxylation sites is 1. The van der Waals surface area contributed by atoms with Gasteiger partial charge in [-0.3, -0.25) is 0 Å². The Bertz CT molecular complexity index is 894. The van der Waals surface area contributed by atoms with Gasteiger partial charge in [-0.25, -0.2) is 0 Å². The van der Waals surface area contributed by atoms with Crippen molar-refractivity contribution in [1.29, 1.82) is 0 Å². The average Bonchev–Trinajstić information content (AvgIpc) is 2.96. The van der Waals surface area contributed by atoms with E-state index >= 15 is 0 Å². The molecule has 0 fully saturated rings. The first-order valence-electron chi connectivity index (χ1n) is 7.70. The van der Waals surface area contributed by atoms with E-state index in [2.05, 4.69) is 48.1 Å². The van der Waals surface area contributed by atoms with E-state index in [4.69, 9.17) is 4.42 Å². The lowest BCUT2D eigenvalue weighted by Gasteiger charge is -2.17. The van der Waals surface area contributed by atoms with Gasteiger partial charge in [0, 0.05) is 24.4 Å². The fraction of sp³-hybridized carbons (Fsp3) is 0.389. The Morgan fingerprint density at radius 2 is 1.95 bits per heavy atom. The van der Waals surface area contributed by atoms with E-state index in [1.54, 1.807) is 0 Å². The first-order chi connectivity index (χ1) is 10.4. The van der Waals surface area contributed by atoms with Crippen LogP contribution < -0.4 is 9.67 Å². The molecule has 3 heterocycles. The van der Waals surface area contributed by atoms with Gasteiger partial charge in [-0.05, 0) is 32.4 Å². The summed E-state index contributed by atoms with van der Waals surface area (Å²) in [7, 11) is 2.03. The Kier molecular flexibility index (Phi) is 2.54. The minimum absolute atomic E-state index is 0.181. The predicted molar refractivity (Wildman–Crippen MR) is 82.7 cm³/mol. The van der Waals surface area contributed by atoms with Crippen LogP contribution in [0.3, 0.4) is 0 Å². The van der Waals surface area contributed by atoms with E-state index in [0.29, 0.717) is 5.69 Å². The first-order valence-corrected chi connectivity index (χ1v) is 7.70. The second kappa shape index (κ2) is 4.15. The van der Waals surface area contributed by atoms with Gasteiger partial charge in [-0.15, -0.1) is 0 Å². The van der Waals surface area contributed by atoms with Gasteiger partial charge in [0.15, 0.2) is 6.54 Å². The number of hydrogen-bond acceptors (Lipinski definition) is 2. The highest BCUT2D eigenvalue weighted by Gasteiger charge is 2.37. The molecule has 0 unspecified atom stereocenters. The maximum atomic E-state index is 12.5. The molecule has 0 atom stereocenters. The summed E-state index contributed by atoms with van der Waals surface area (Å²) in [5.41, 5.74) is 3.95. The van der Waals surface area contributed by atoms with Crippen LogP contribution in [0.25, 0.3) is 22.3 Å². The van der Waals surface area contributed by atoms with Crippen LogP contribution in [0.4, 0.5) is 0 Å². The third-order valence-electron chi connectivity index (χ3n) is 4.56. The lowest BCUT2D eigenvalue weighted by atomic mass is 9.95. The second-order valence-electron chi connectivity index (χ2n) is 7.10. The van der Waals surface area contributed by atoms with Gasteiger partial charge in [0.1, 0.15) is 11.6 Å². The number of benzene rings is 1. The monoisotopic (exact) mass is 296 g/mol. The van der Waals surface area contributed by atoms with Crippen LogP contribution in [-0.4, -0.2) is 4.57 Å². The molecule has 0 aliphatic carbocycles. The topological polar surface area (TPSA) is 45.0 Å². The van der Waals surface area contributed by atoms with Crippen LogP contribution in [0.1, 0.15) is 32.2 Å². The Labute approximate surface area is 129 Å². The van der Waals surface area contributed by atoms with Gasteiger partial charge < -0.3 is 14.1 Å². The molecule has 0 spiro atoms. The van der Waals surface area contributed by atoms with Crippen LogP contribution in [0.5, 0.6) is 5.95 Å². The van der Waals surface area contributed by atoms with Crippen LogP contribution in [0, 0.1) is 0 Å².